The molecule has 1 aromatic heterocycles. The SMILES string of the molecule is O=C(N1CCOCC1)N1CC(c2ccc(C(F)(F)F)cc2)CC(c2nc(C3CCC3)co2)C1. The summed E-state index contributed by atoms with van der Waals surface area (Å²) >= 11 is 0. The van der Waals surface area contributed by atoms with Crippen LogP contribution in [0.2, 0.25) is 0 Å². The van der Waals surface area contributed by atoms with Crippen molar-refractivity contribution < 1.29 is 27.1 Å². The van der Waals surface area contributed by atoms with Crippen LogP contribution < -0.4 is 0 Å². The van der Waals surface area contributed by atoms with Gasteiger partial charge in [0.1, 0.15) is 6.26 Å². The van der Waals surface area contributed by atoms with Crippen LogP contribution in [0.3, 0.4) is 0 Å². The molecule has 0 spiro atoms. The number of piperidine rings is 1. The van der Waals surface area contributed by atoms with Crippen LogP contribution in [-0.4, -0.2) is 60.2 Å². The normalized spacial score (nSPS) is 24.6. The molecule has 9 heteroatoms. The second kappa shape index (κ2) is 9.00. The van der Waals surface area contributed by atoms with E-state index in [2.05, 4.69) is 0 Å². The molecule has 3 aliphatic rings. The number of halogens is 3. The summed E-state index contributed by atoms with van der Waals surface area (Å²) in [6.07, 6.45) is 1.47. The van der Waals surface area contributed by atoms with E-state index in [1.54, 1.807) is 16.1 Å². The third-order valence-corrected chi connectivity index (χ3v) is 7.12. The van der Waals surface area contributed by atoms with Crippen LogP contribution in [0, 0.1) is 0 Å². The van der Waals surface area contributed by atoms with Gasteiger partial charge in [-0.25, -0.2) is 9.78 Å². The average molecular weight is 464 g/mol. The Kier molecular flexibility index (Phi) is 6.07. The molecule has 2 unspecified atom stereocenters. The van der Waals surface area contributed by atoms with Crippen molar-refractivity contribution in [2.75, 3.05) is 39.4 Å². The Balaban J connectivity index is 1.39. The Morgan fingerprint density at radius 1 is 0.970 bits per heavy atom. The highest BCUT2D eigenvalue weighted by atomic mass is 19.4. The third kappa shape index (κ3) is 4.74. The number of benzene rings is 1. The van der Waals surface area contributed by atoms with Crippen molar-refractivity contribution in [3.05, 3.63) is 53.2 Å². The Morgan fingerprint density at radius 3 is 2.30 bits per heavy atom. The van der Waals surface area contributed by atoms with E-state index in [-0.39, 0.29) is 17.9 Å². The summed E-state index contributed by atoms with van der Waals surface area (Å²) in [6.45, 7) is 3.03. The standard InChI is InChI=1S/C24H28F3N3O3/c25-24(26,27)20-6-4-16(5-7-20)18-12-19(22-28-21(15-33-22)17-2-1-3-17)14-30(13-18)23(31)29-8-10-32-11-9-29/h4-7,15,17-19H,1-3,8-14H2. The van der Waals surface area contributed by atoms with Gasteiger partial charge in [-0.1, -0.05) is 18.6 Å². The van der Waals surface area contributed by atoms with Gasteiger partial charge in [-0.3, -0.25) is 0 Å². The van der Waals surface area contributed by atoms with Gasteiger partial charge >= 0.3 is 12.2 Å². The number of likely N-dealkylation sites (tertiary alicyclic amines) is 1. The maximum absolute atomic E-state index is 13.3. The lowest BCUT2D eigenvalue weighted by Crippen LogP contribution is -2.52. The van der Waals surface area contributed by atoms with Crippen LogP contribution in [0.25, 0.3) is 0 Å². The number of morpholine rings is 1. The summed E-state index contributed by atoms with van der Waals surface area (Å²) in [5, 5.41) is 0. The zero-order valence-electron chi connectivity index (χ0n) is 18.4. The predicted molar refractivity (Wildman–Crippen MR) is 114 cm³/mol. The van der Waals surface area contributed by atoms with Gasteiger partial charge in [-0.05, 0) is 37.0 Å². The van der Waals surface area contributed by atoms with Gasteiger partial charge in [0.2, 0.25) is 0 Å². The van der Waals surface area contributed by atoms with Crippen LogP contribution >= 0.6 is 0 Å². The van der Waals surface area contributed by atoms with E-state index in [1.165, 1.54) is 18.6 Å². The lowest BCUT2D eigenvalue weighted by atomic mass is 9.83. The monoisotopic (exact) mass is 463 g/mol. The number of nitrogens with zero attached hydrogens (tertiary/aromatic N) is 3. The minimum absolute atomic E-state index is 0.0642. The van der Waals surface area contributed by atoms with Crippen molar-refractivity contribution in [2.24, 2.45) is 0 Å². The van der Waals surface area contributed by atoms with Gasteiger partial charge in [0.15, 0.2) is 5.89 Å². The fourth-order valence-electron chi connectivity index (χ4n) is 4.95. The quantitative estimate of drug-likeness (QED) is 0.644. The highest BCUT2D eigenvalue weighted by Gasteiger charge is 2.37. The molecule has 2 atom stereocenters. The summed E-state index contributed by atoms with van der Waals surface area (Å²) in [5.41, 5.74) is 1.09. The van der Waals surface area contributed by atoms with E-state index in [1.807, 2.05) is 0 Å². The molecule has 1 aromatic carbocycles. The minimum atomic E-state index is -4.37. The van der Waals surface area contributed by atoms with Crippen molar-refractivity contribution in [1.29, 1.82) is 0 Å². The van der Waals surface area contributed by atoms with Crippen LogP contribution in [0.15, 0.2) is 34.9 Å². The zero-order valence-corrected chi connectivity index (χ0v) is 18.4. The summed E-state index contributed by atoms with van der Waals surface area (Å²) in [5.74, 6) is 0.858. The number of rotatable bonds is 3. The van der Waals surface area contributed by atoms with E-state index < -0.39 is 11.7 Å². The van der Waals surface area contributed by atoms with Crippen LogP contribution in [-0.2, 0) is 10.9 Å². The number of oxazole rings is 1. The van der Waals surface area contributed by atoms with Crippen molar-refractivity contribution in [1.82, 2.24) is 14.8 Å². The Bertz CT molecular complexity index is 965. The van der Waals surface area contributed by atoms with Crippen LogP contribution in [0.1, 0.15) is 66.1 Å². The van der Waals surface area contributed by atoms with E-state index in [0.29, 0.717) is 57.6 Å². The molecule has 0 radical (unpaired) electrons. The molecule has 6 nitrogen and oxygen atoms in total. The maximum atomic E-state index is 13.3. The van der Waals surface area contributed by atoms with Crippen molar-refractivity contribution in [2.45, 2.75) is 49.6 Å². The van der Waals surface area contributed by atoms with Crippen LogP contribution in [0.5, 0.6) is 0 Å². The molecular weight excluding hydrogens is 435 g/mol. The lowest BCUT2D eigenvalue weighted by Gasteiger charge is -2.40. The zero-order chi connectivity index (χ0) is 23.0. The highest BCUT2D eigenvalue weighted by Crippen LogP contribution is 2.40. The molecule has 1 aliphatic carbocycles. The van der Waals surface area contributed by atoms with E-state index in [9.17, 15) is 18.0 Å². The molecule has 0 bridgehead atoms. The number of ether oxygens (including phenoxy) is 1. The van der Waals surface area contributed by atoms with Crippen molar-refractivity contribution >= 4 is 6.03 Å². The molecule has 0 N–H and O–H groups in total. The molecule has 5 rings (SSSR count). The molecule has 2 saturated heterocycles. The molecule has 2 aromatic rings. The first kappa shape index (κ1) is 22.3. The van der Waals surface area contributed by atoms with Gasteiger partial charge < -0.3 is 19.0 Å². The molecule has 3 heterocycles. The minimum Gasteiger partial charge on any atom is -0.448 e. The number of aromatic nitrogens is 1. The van der Waals surface area contributed by atoms with Crippen LogP contribution in [0.4, 0.5) is 18.0 Å². The largest absolute Gasteiger partial charge is 0.448 e. The second-order valence-electron chi connectivity index (χ2n) is 9.27. The van der Waals surface area contributed by atoms with Gasteiger partial charge in [0.25, 0.3) is 0 Å². The fourth-order valence-corrected chi connectivity index (χ4v) is 4.95. The number of hydrogen-bond donors (Lipinski definition) is 0. The predicted octanol–water partition coefficient (Wildman–Crippen LogP) is 4.99. The average Bonchev–Trinajstić information content (AvgIpc) is 3.27. The summed E-state index contributed by atoms with van der Waals surface area (Å²) in [4.78, 5) is 21.6. The van der Waals surface area contributed by atoms with Gasteiger partial charge in [-0.2, -0.15) is 13.2 Å². The topological polar surface area (TPSA) is 58.8 Å². The number of alkyl halides is 3. The Labute approximate surface area is 190 Å². The van der Waals surface area contributed by atoms with E-state index >= 15 is 0 Å². The number of urea groups is 1. The highest BCUT2D eigenvalue weighted by molar-refractivity contribution is 5.75. The van der Waals surface area contributed by atoms with Gasteiger partial charge in [0, 0.05) is 38.0 Å². The Hall–Kier alpha value is -2.55. The Morgan fingerprint density at radius 2 is 1.67 bits per heavy atom. The molecular formula is C24H28F3N3O3. The number of hydrogen-bond acceptors (Lipinski definition) is 4. The smallest absolute Gasteiger partial charge is 0.416 e. The number of carbonyl (C=O) groups excluding carboxylic acids is 1. The van der Waals surface area contributed by atoms with Crippen molar-refractivity contribution in [3.63, 3.8) is 0 Å². The molecule has 178 valence electrons. The summed E-state index contributed by atoms with van der Waals surface area (Å²) in [6, 6.07) is 5.23. The lowest BCUT2D eigenvalue weighted by molar-refractivity contribution is -0.137. The number of carbonyl (C=O) groups is 1. The second-order valence-corrected chi connectivity index (χ2v) is 9.27. The first-order valence-corrected chi connectivity index (χ1v) is 11.6. The van der Waals surface area contributed by atoms with Gasteiger partial charge in [0.05, 0.1) is 30.4 Å². The molecule has 3 fully saturated rings. The maximum Gasteiger partial charge on any atom is 0.416 e. The molecule has 33 heavy (non-hydrogen) atoms. The summed E-state index contributed by atoms with van der Waals surface area (Å²) in [7, 11) is 0. The van der Waals surface area contributed by atoms with E-state index in [4.69, 9.17) is 14.1 Å². The summed E-state index contributed by atoms with van der Waals surface area (Å²) < 4.78 is 50.3. The van der Waals surface area contributed by atoms with Gasteiger partial charge in [-0.15, -0.1) is 0 Å². The first-order valence-electron chi connectivity index (χ1n) is 11.6. The fraction of sp³-hybridized carbons (Fsp3) is 0.583. The molecule has 2 amide bonds. The molecule has 1 saturated carbocycles. The molecule has 2 aliphatic heterocycles. The number of amides is 2. The third-order valence-electron chi connectivity index (χ3n) is 7.12. The first-order chi connectivity index (χ1) is 15.9. The van der Waals surface area contributed by atoms with Crippen molar-refractivity contribution in [3.8, 4) is 0 Å². The van der Waals surface area contributed by atoms with E-state index in [0.717, 1.165) is 36.2 Å².